The lowest BCUT2D eigenvalue weighted by Crippen LogP contribution is -2.38. The molecule has 1 atom stereocenters. The van der Waals surface area contributed by atoms with Crippen LogP contribution in [-0.2, 0) is 31.0 Å². The van der Waals surface area contributed by atoms with Crippen molar-refractivity contribution in [3.05, 3.63) is 78.3 Å². The molecule has 3 aromatic rings. The van der Waals surface area contributed by atoms with Crippen LogP contribution in [0.3, 0.4) is 0 Å². The monoisotopic (exact) mass is 350 g/mol. The van der Waals surface area contributed by atoms with Gasteiger partial charge in [-0.3, -0.25) is 14.7 Å². The van der Waals surface area contributed by atoms with Crippen LogP contribution in [0.2, 0.25) is 0 Å². The standard InChI is InChI=1S/C20H22N4O2/c25-20(22-10-16-3-1-6-21-9-16)18-12-23(11-17-5-8-26-15-17)14-19-4-2-7-24(19)13-18/h1-9,15,18H,10-14H2,(H,22,25). The van der Waals surface area contributed by atoms with Crippen molar-refractivity contribution in [1.82, 2.24) is 19.8 Å². The highest BCUT2D eigenvalue weighted by Gasteiger charge is 2.26. The molecular weight excluding hydrogens is 328 g/mol. The van der Waals surface area contributed by atoms with Gasteiger partial charge in [0.15, 0.2) is 0 Å². The summed E-state index contributed by atoms with van der Waals surface area (Å²) in [4.78, 5) is 19.2. The molecule has 0 aliphatic carbocycles. The highest BCUT2D eigenvalue weighted by atomic mass is 16.3. The van der Waals surface area contributed by atoms with Gasteiger partial charge in [0, 0.05) is 62.6 Å². The van der Waals surface area contributed by atoms with E-state index in [9.17, 15) is 4.79 Å². The van der Waals surface area contributed by atoms with Crippen molar-refractivity contribution >= 4 is 5.91 Å². The Labute approximate surface area is 152 Å². The number of rotatable bonds is 5. The van der Waals surface area contributed by atoms with E-state index in [1.807, 2.05) is 24.3 Å². The van der Waals surface area contributed by atoms with Crippen LogP contribution in [0.1, 0.15) is 16.8 Å². The van der Waals surface area contributed by atoms with E-state index in [4.69, 9.17) is 4.42 Å². The number of hydrogen-bond donors (Lipinski definition) is 1. The topological polar surface area (TPSA) is 63.3 Å². The zero-order valence-corrected chi connectivity index (χ0v) is 14.5. The van der Waals surface area contributed by atoms with Crippen molar-refractivity contribution in [2.45, 2.75) is 26.2 Å². The van der Waals surface area contributed by atoms with Gasteiger partial charge in [0.25, 0.3) is 0 Å². The van der Waals surface area contributed by atoms with Gasteiger partial charge in [0.2, 0.25) is 5.91 Å². The van der Waals surface area contributed by atoms with Gasteiger partial charge in [-0.1, -0.05) is 6.07 Å². The van der Waals surface area contributed by atoms with E-state index in [0.29, 0.717) is 19.6 Å². The number of amides is 1. The number of furan rings is 1. The van der Waals surface area contributed by atoms with E-state index in [1.54, 1.807) is 24.9 Å². The third-order valence-corrected chi connectivity index (χ3v) is 4.75. The van der Waals surface area contributed by atoms with Crippen LogP contribution >= 0.6 is 0 Å². The van der Waals surface area contributed by atoms with E-state index in [2.05, 4.69) is 32.0 Å². The third-order valence-electron chi connectivity index (χ3n) is 4.75. The fourth-order valence-corrected chi connectivity index (χ4v) is 3.43. The lowest BCUT2D eigenvalue weighted by molar-refractivity contribution is -0.126. The molecule has 6 nitrogen and oxygen atoms in total. The lowest BCUT2D eigenvalue weighted by atomic mass is 10.1. The minimum Gasteiger partial charge on any atom is -0.472 e. The quantitative estimate of drug-likeness (QED) is 0.768. The number of carbonyl (C=O) groups excluding carboxylic acids is 1. The first-order valence-electron chi connectivity index (χ1n) is 8.82. The van der Waals surface area contributed by atoms with Crippen LogP contribution < -0.4 is 5.32 Å². The van der Waals surface area contributed by atoms with Gasteiger partial charge < -0.3 is 14.3 Å². The Morgan fingerprint density at radius 1 is 1.23 bits per heavy atom. The zero-order valence-electron chi connectivity index (χ0n) is 14.5. The van der Waals surface area contributed by atoms with E-state index < -0.39 is 0 Å². The van der Waals surface area contributed by atoms with Crippen LogP contribution in [0.15, 0.2) is 65.9 Å². The summed E-state index contributed by atoms with van der Waals surface area (Å²) in [6.45, 7) is 3.51. The predicted molar refractivity (Wildman–Crippen MR) is 96.8 cm³/mol. The average Bonchev–Trinajstić information content (AvgIpc) is 3.29. The van der Waals surface area contributed by atoms with E-state index in [-0.39, 0.29) is 11.8 Å². The first-order valence-corrected chi connectivity index (χ1v) is 8.82. The highest BCUT2D eigenvalue weighted by Crippen LogP contribution is 2.19. The summed E-state index contributed by atoms with van der Waals surface area (Å²) in [5.41, 5.74) is 3.36. The molecule has 1 aliphatic heterocycles. The number of nitrogens with zero attached hydrogens (tertiary/aromatic N) is 3. The fraction of sp³-hybridized carbons (Fsp3) is 0.300. The Morgan fingerprint density at radius 3 is 3.00 bits per heavy atom. The molecule has 0 radical (unpaired) electrons. The molecule has 1 aliphatic rings. The van der Waals surface area contributed by atoms with Gasteiger partial charge in [0.1, 0.15) is 0 Å². The lowest BCUT2D eigenvalue weighted by Gasteiger charge is -2.23. The van der Waals surface area contributed by atoms with Crippen LogP contribution in [0.25, 0.3) is 0 Å². The largest absolute Gasteiger partial charge is 0.472 e. The van der Waals surface area contributed by atoms with Crippen LogP contribution in [0, 0.1) is 5.92 Å². The van der Waals surface area contributed by atoms with Crippen molar-refractivity contribution in [2.75, 3.05) is 6.54 Å². The minimum atomic E-state index is -0.104. The van der Waals surface area contributed by atoms with Crippen molar-refractivity contribution in [3.63, 3.8) is 0 Å². The molecule has 4 rings (SSSR count). The molecule has 134 valence electrons. The summed E-state index contributed by atoms with van der Waals surface area (Å²) in [5, 5.41) is 3.06. The number of pyridine rings is 1. The summed E-state index contributed by atoms with van der Waals surface area (Å²) < 4.78 is 7.37. The summed E-state index contributed by atoms with van der Waals surface area (Å²) >= 11 is 0. The van der Waals surface area contributed by atoms with Crippen molar-refractivity contribution < 1.29 is 9.21 Å². The van der Waals surface area contributed by atoms with Crippen LogP contribution in [-0.4, -0.2) is 26.9 Å². The second kappa shape index (κ2) is 7.58. The number of aromatic nitrogens is 2. The first-order chi connectivity index (χ1) is 12.8. The van der Waals surface area contributed by atoms with Crippen molar-refractivity contribution in [2.24, 2.45) is 5.92 Å². The first kappa shape index (κ1) is 16.6. The number of fused-ring (bicyclic) bond motifs is 1. The number of carbonyl (C=O) groups is 1. The van der Waals surface area contributed by atoms with E-state index in [0.717, 1.165) is 24.2 Å². The SMILES string of the molecule is O=C(NCc1cccnc1)C1CN(Cc2ccoc2)Cc2cccn2C1. The smallest absolute Gasteiger partial charge is 0.226 e. The Morgan fingerprint density at radius 2 is 2.19 bits per heavy atom. The van der Waals surface area contributed by atoms with Gasteiger partial charge in [-0.05, 0) is 29.8 Å². The maximum Gasteiger partial charge on any atom is 0.226 e. The van der Waals surface area contributed by atoms with Gasteiger partial charge in [-0.2, -0.15) is 0 Å². The van der Waals surface area contributed by atoms with Gasteiger partial charge in [-0.25, -0.2) is 0 Å². The Balaban J connectivity index is 1.46. The maximum atomic E-state index is 12.8. The van der Waals surface area contributed by atoms with Gasteiger partial charge >= 0.3 is 0 Å². The van der Waals surface area contributed by atoms with Crippen molar-refractivity contribution in [3.8, 4) is 0 Å². The Hall–Kier alpha value is -2.86. The van der Waals surface area contributed by atoms with Crippen LogP contribution in [0.5, 0.6) is 0 Å². The zero-order chi connectivity index (χ0) is 17.8. The second-order valence-electron chi connectivity index (χ2n) is 6.73. The summed E-state index contributed by atoms with van der Waals surface area (Å²) in [6.07, 6.45) is 9.02. The molecule has 1 N–H and O–H groups in total. The average molecular weight is 350 g/mol. The molecule has 0 spiro atoms. The predicted octanol–water partition coefficient (Wildman–Crippen LogP) is 2.42. The summed E-state index contributed by atoms with van der Waals surface area (Å²) in [7, 11) is 0. The molecule has 0 fully saturated rings. The maximum absolute atomic E-state index is 12.8. The van der Waals surface area contributed by atoms with E-state index >= 15 is 0 Å². The summed E-state index contributed by atoms with van der Waals surface area (Å²) in [6, 6.07) is 9.99. The summed E-state index contributed by atoms with van der Waals surface area (Å²) in [5.74, 6) is -0.0279. The molecule has 1 amide bonds. The van der Waals surface area contributed by atoms with Gasteiger partial charge in [-0.15, -0.1) is 0 Å². The third kappa shape index (κ3) is 3.86. The molecule has 1 unspecified atom stereocenters. The molecule has 0 bridgehead atoms. The molecule has 26 heavy (non-hydrogen) atoms. The molecular formula is C20H22N4O2. The van der Waals surface area contributed by atoms with Crippen molar-refractivity contribution in [1.29, 1.82) is 0 Å². The van der Waals surface area contributed by atoms with E-state index in [1.165, 1.54) is 5.69 Å². The number of hydrogen-bond acceptors (Lipinski definition) is 4. The Kier molecular flexibility index (Phi) is 4.84. The normalized spacial score (nSPS) is 17.5. The molecule has 3 aromatic heterocycles. The highest BCUT2D eigenvalue weighted by molar-refractivity contribution is 5.78. The number of nitrogens with one attached hydrogen (secondary N) is 1. The molecule has 6 heteroatoms. The Bertz CT molecular complexity index is 842. The second-order valence-corrected chi connectivity index (χ2v) is 6.73. The van der Waals surface area contributed by atoms with Gasteiger partial charge in [0.05, 0.1) is 18.4 Å². The fourth-order valence-electron chi connectivity index (χ4n) is 3.43. The molecule has 0 aromatic carbocycles. The molecule has 0 saturated carbocycles. The molecule has 0 saturated heterocycles. The molecule has 4 heterocycles. The van der Waals surface area contributed by atoms with Crippen LogP contribution in [0.4, 0.5) is 0 Å². The minimum absolute atomic E-state index is 0.0765.